The number of nitrogen functional groups attached to an aromatic ring is 1. The van der Waals surface area contributed by atoms with E-state index in [1.807, 2.05) is 11.8 Å². The van der Waals surface area contributed by atoms with Gasteiger partial charge in [-0.05, 0) is 30.7 Å². The van der Waals surface area contributed by atoms with Crippen LogP contribution in [0.2, 0.25) is 0 Å². The van der Waals surface area contributed by atoms with E-state index in [-0.39, 0.29) is 10.6 Å². The number of hydrogen-bond acceptors (Lipinski definition) is 5. The van der Waals surface area contributed by atoms with E-state index in [4.69, 9.17) is 10.9 Å². The molecule has 18 heavy (non-hydrogen) atoms. The van der Waals surface area contributed by atoms with E-state index in [2.05, 4.69) is 5.32 Å². The lowest BCUT2D eigenvalue weighted by Crippen LogP contribution is -2.18. The van der Waals surface area contributed by atoms with Crippen LogP contribution in [0.1, 0.15) is 12.8 Å². The molecule has 1 unspecified atom stereocenters. The Hall–Kier alpha value is -0.920. The molecule has 0 aromatic heterocycles. The summed E-state index contributed by atoms with van der Waals surface area (Å²) in [7, 11) is -3.76. The van der Waals surface area contributed by atoms with Crippen LogP contribution in [0.25, 0.3) is 0 Å². The molecule has 100 valence electrons. The summed E-state index contributed by atoms with van der Waals surface area (Å²) in [4.78, 5) is -0.0217. The molecule has 5 nitrogen and oxygen atoms in total. The Morgan fingerprint density at radius 2 is 2.22 bits per heavy atom. The molecule has 0 spiro atoms. The fourth-order valence-electron chi connectivity index (χ4n) is 1.98. The van der Waals surface area contributed by atoms with Gasteiger partial charge in [0.05, 0.1) is 11.4 Å². The van der Waals surface area contributed by atoms with Crippen LogP contribution in [-0.2, 0) is 10.0 Å². The Labute approximate surface area is 111 Å². The summed E-state index contributed by atoms with van der Waals surface area (Å²) >= 11 is 1.93. The van der Waals surface area contributed by atoms with E-state index in [9.17, 15) is 8.42 Å². The quantitative estimate of drug-likeness (QED) is 0.723. The van der Waals surface area contributed by atoms with Gasteiger partial charge in [0.15, 0.2) is 0 Å². The Morgan fingerprint density at radius 3 is 2.83 bits per heavy atom. The second-order valence-corrected chi connectivity index (χ2v) is 7.22. The summed E-state index contributed by atoms with van der Waals surface area (Å²) in [5.74, 6) is 1.19. The number of nitrogens with two attached hydrogens (primary N) is 2. The van der Waals surface area contributed by atoms with Crippen molar-refractivity contribution in [3.05, 3.63) is 18.2 Å². The minimum atomic E-state index is -3.76. The molecule has 1 heterocycles. The van der Waals surface area contributed by atoms with Gasteiger partial charge < -0.3 is 11.1 Å². The highest BCUT2D eigenvalue weighted by Crippen LogP contribution is 2.29. The van der Waals surface area contributed by atoms with Crippen molar-refractivity contribution in [3.8, 4) is 0 Å². The molecule has 1 saturated heterocycles. The van der Waals surface area contributed by atoms with Gasteiger partial charge in [-0.15, -0.1) is 0 Å². The van der Waals surface area contributed by atoms with E-state index < -0.39 is 10.0 Å². The summed E-state index contributed by atoms with van der Waals surface area (Å²) in [6, 6.07) is 4.82. The maximum atomic E-state index is 11.3. The van der Waals surface area contributed by atoms with Crippen LogP contribution in [0.15, 0.2) is 23.1 Å². The minimum absolute atomic E-state index is 0.0217. The molecule has 1 fully saturated rings. The molecule has 0 bridgehead atoms. The highest BCUT2D eigenvalue weighted by molar-refractivity contribution is 8.00. The third-order valence-electron chi connectivity index (χ3n) is 2.92. The SMILES string of the molecule is Nc1c(NCC2CCCS2)cccc1S(N)(=O)=O. The Morgan fingerprint density at radius 1 is 1.44 bits per heavy atom. The number of primary sulfonamides is 1. The summed E-state index contributed by atoms with van der Waals surface area (Å²) < 4.78 is 22.7. The standard InChI is InChI=1S/C11H17N3O2S2/c12-11-9(14-7-8-3-2-6-17-8)4-1-5-10(11)18(13,15)16/h1,4-5,8,14H,2-3,6-7,12H2,(H2,13,15,16). The second kappa shape index (κ2) is 5.38. The molecule has 0 aliphatic carbocycles. The smallest absolute Gasteiger partial charge is 0.240 e. The topological polar surface area (TPSA) is 98.2 Å². The van der Waals surface area contributed by atoms with Crippen molar-refractivity contribution >= 4 is 33.2 Å². The number of rotatable bonds is 4. The largest absolute Gasteiger partial charge is 0.396 e. The van der Waals surface area contributed by atoms with E-state index in [1.165, 1.54) is 24.7 Å². The van der Waals surface area contributed by atoms with E-state index >= 15 is 0 Å². The van der Waals surface area contributed by atoms with Crippen molar-refractivity contribution in [2.24, 2.45) is 5.14 Å². The van der Waals surface area contributed by atoms with Crippen LogP contribution in [-0.4, -0.2) is 26.0 Å². The Bertz CT molecular complexity index is 525. The second-order valence-electron chi connectivity index (χ2n) is 4.28. The van der Waals surface area contributed by atoms with Crippen molar-refractivity contribution in [2.45, 2.75) is 23.0 Å². The van der Waals surface area contributed by atoms with Crippen molar-refractivity contribution in [2.75, 3.05) is 23.3 Å². The van der Waals surface area contributed by atoms with Gasteiger partial charge in [0.2, 0.25) is 10.0 Å². The number of nitrogens with one attached hydrogen (secondary N) is 1. The lowest BCUT2D eigenvalue weighted by molar-refractivity contribution is 0.598. The van der Waals surface area contributed by atoms with Gasteiger partial charge in [-0.25, -0.2) is 13.6 Å². The Balaban J connectivity index is 2.13. The minimum Gasteiger partial charge on any atom is -0.396 e. The van der Waals surface area contributed by atoms with Gasteiger partial charge in [-0.1, -0.05) is 6.07 Å². The first-order valence-electron chi connectivity index (χ1n) is 5.75. The molecule has 7 heteroatoms. The molecular formula is C11H17N3O2S2. The highest BCUT2D eigenvalue weighted by Gasteiger charge is 2.17. The third kappa shape index (κ3) is 3.09. The van der Waals surface area contributed by atoms with Gasteiger partial charge in [-0.2, -0.15) is 11.8 Å². The fraction of sp³-hybridized carbons (Fsp3) is 0.455. The molecular weight excluding hydrogens is 270 g/mol. The molecule has 1 atom stereocenters. The van der Waals surface area contributed by atoms with Crippen LogP contribution in [0.4, 0.5) is 11.4 Å². The van der Waals surface area contributed by atoms with Gasteiger partial charge in [-0.3, -0.25) is 0 Å². The lowest BCUT2D eigenvalue weighted by Gasteiger charge is -2.14. The average Bonchev–Trinajstić information content (AvgIpc) is 2.79. The van der Waals surface area contributed by atoms with Crippen LogP contribution in [0.3, 0.4) is 0 Å². The van der Waals surface area contributed by atoms with Crippen molar-refractivity contribution < 1.29 is 8.42 Å². The predicted molar refractivity (Wildman–Crippen MR) is 76.2 cm³/mol. The van der Waals surface area contributed by atoms with Crippen molar-refractivity contribution in [1.29, 1.82) is 0 Å². The number of sulfonamides is 1. The van der Waals surface area contributed by atoms with E-state index in [1.54, 1.807) is 12.1 Å². The number of anilines is 2. The first-order valence-corrected chi connectivity index (χ1v) is 8.35. The molecule has 1 aliphatic heterocycles. The van der Waals surface area contributed by atoms with Crippen molar-refractivity contribution in [1.82, 2.24) is 0 Å². The first kappa shape index (κ1) is 13.5. The fourth-order valence-corrected chi connectivity index (χ4v) is 3.86. The van der Waals surface area contributed by atoms with Gasteiger partial charge >= 0.3 is 0 Å². The summed E-state index contributed by atoms with van der Waals surface area (Å²) in [5.41, 5.74) is 6.66. The zero-order chi connectivity index (χ0) is 13.2. The van der Waals surface area contributed by atoms with Crippen LogP contribution >= 0.6 is 11.8 Å². The van der Waals surface area contributed by atoms with Crippen LogP contribution < -0.4 is 16.2 Å². The molecule has 0 saturated carbocycles. The monoisotopic (exact) mass is 287 g/mol. The third-order valence-corrected chi connectivity index (χ3v) is 5.28. The van der Waals surface area contributed by atoms with E-state index in [0.717, 1.165) is 6.54 Å². The highest BCUT2D eigenvalue weighted by atomic mass is 32.2. The number of para-hydroxylation sites is 1. The molecule has 1 aromatic rings. The van der Waals surface area contributed by atoms with Gasteiger partial charge in [0.25, 0.3) is 0 Å². The predicted octanol–water partition coefficient (Wildman–Crippen LogP) is 1.22. The first-order chi connectivity index (χ1) is 8.48. The average molecular weight is 287 g/mol. The van der Waals surface area contributed by atoms with E-state index in [0.29, 0.717) is 10.9 Å². The lowest BCUT2D eigenvalue weighted by atomic mass is 10.2. The number of thioether (sulfide) groups is 1. The van der Waals surface area contributed by atoms with Gasteiger partial charge in [0.1, 0.15) is 4.90 Å². The van der Waals surface area contributed by atoms with Crippen molar-refractivity contribution in [3.63, 3.8) is 0 Å². The Kier molecular flexibility index (Phi) is 4.04. The molecule has 0 amide bonds. The molecule has 1 aromatic carbocycles. The molecule has 1 aliphatic rings. The molecule has 0 radical (unpaired) electrons. The maximum Gasteiger partial charge on any atom is 0.240 e. The van der Waals surface area contributed by atoms with Crippen LogP contribution in [0.5, 0.6) is 0 Å². The maximum absolute atomic E-state index is 11.3. The summed E-state index contributed by atoms with van der Waals surface area (Å²) in [6.45, 7) is 0.795. The summed E-state index contributed by atoms with van der Waals surface area (Å²) in [5, 5.41) is 8.88. The zero-order valence-electron chi connectivity index (χ0n) is 9.93. The zero-order valence-corrected chi connectivity index (χ0v) is 11.6. The van der Waals surface area contributed by atoms with Crippen LogP contribution in [0, 0.1) is 0 Å². The summed E-state index contributed by atoms with van der Waals surface area (Å²) in [6.07, 6.45) is 2.43. The van der Waals surface area contributed by atoms with Gasteiger partial charge in [0, 0.05) is 11.8 Å². The molecule has 2 rings (SSSR count). The number of hydrogen-bond donors (Lipinski definition) is 3. The normalized spacial score (nSPS) is 19.9. The molecule has 5 N–H and O–H groups in total. The number of benzene rings is 1.